The molecule has 20 heavy (non-hydrogen) atoms. The number of hydrogen-bond donors (Lipinski definition) is 0. The Balaban J connectivity index is 2.01. The largest absolute Gasteiger partial charge is 0.355 e. The van der Waals surface area contributed by atoms with Crippen molar-refractivity contribution in [3.63, 3.8) is 0 Å². The molecule has 0 N–H and O–H groups in total. The maximum atomic E-state index is 12.3. The fourth-order valence-electron chi connectivity index (χ4n) is 2.09. The number of halogens is 1. The van der Waals surface area contributed by atoms with Gasteiger partial charge in [-0.05, 0) is 18.2 Å². The standard InChI is InChI=1S/C12H8ClN5O2/c13-8-2-1-3-9(6-8)16-7-10-15-17(5-4-14)12(20)18(10)11(16)19/h1-3,6H,5,7H2. The van der Waals surface area contributed by atoms with E-state index in [0.717, 1.165) is 9.25 Å². The monoisotopic (exact) mass is 289 g/mol. The Morgan fingerprint density at radius 2 is 2.20 bits per heavy atom. The molecule has 0 unspecified atom stereocenters. The van der Waals surface area contributed by atoms with Gasteiger partial charge in [-0.15, -0.1) is 0 Å². The Hall–Kier alpha value is -2.59. The lowest BCUT2D eigenvalue weighted by Crippen LogP contribution is -2.34. The number of aromatic nitrogens is 3. The van der Waals surface area contributed by atoms with Crippen molar-refractivity contribution in [3.8, 4) is 6.07 Å². The maximum absolute atomic E-state index is 12.3. The number of hydrogen-bond acceptors (Lipinski definition) is 4. The number of rotatable bonds is 2. The predicted octanol–water partition coefficient (Wildman–Crippen LogP) is 1.21. The molecule has 0 fully saturated rings. The maximum Gasteiger partial charge on any atom is 0.355 e. The van der Waals surface area contributed by atoms with E-state index in [0.29, 0.717) is 16.5 Å². The third kappa shape index (κ3) is 1.78. The van der Waals surface area contributed by atoms with Crippen molar-refractivity contribution in [2.45, 2.75) is 13.1 Å². The smallest absolute Gasteiger partial charge is 0.286 e. The molecular formula is C12H8ClN5O2. The third-order valence-corrected chi connectivity index (χ3v) is 3.20. The van der Waals surface area contributed by atoms with Crippen LogP contribution in [0.25, 0.3) is 0 Å². The number of nitriles is 1. The molecule has 1 aliphatic heterocycles. The average Bonchev–Trinajstić information content (AvgIpc) is 2.89. The van der Waals surface area contributed by atoms with E-state index in [4.69, 9.17) is 16.9 Å². The molecule has 2 heterocycles. The molecule has 1 aromatic carbocycles. The van der Waals surface area contributed by atoms with Gasteiger partial charge in [0.15, 0.2) is 5.82 Å². The van der Waals surface area contributed by atoms with Gasteiger partial charge < -0.3 is 0 Å². The first-order chi connectivity index (χ1) is 9.61. The van der Waals surface area contributed by atoms with Crippen molar-refractivity contribution in [2.75, 3.05) is 4.90 Å². The Morgan fingerprint density at radius 3 is 2.85 bits per heavy atom. The van der Waals surface area contributed by atoms with Crippen LogP contribution < -0.4 is 10.6 Å². The van der Waals surface area contributed by atoms with E-state index in [9.17, 15) is 9.59 Å². The molecule has 1 aliphatic rings. The molecule has 0 radical (unpaired) electrons. The lowest BCUT2D eigenvalue weighted by Gasteiger charge is -2.14. The van der Waals surface area contributed by atoms with Crippen LogP contribution in [0.2, 0.25) is 5.02 Å². The van der Waals surface area contributed by atoms with Crippen LogP contribution in [0.3, 0.4) is 0 Å². The van der Waals surface area contributed by atoms with Crippen molar-refractivity contribution in [3.05, 3.63) is 45.6 Å². The van der Waals surface area contributed by atoms with Crippen molar-refractivity contribution in [2.24, 2.45) is 0 Å². The first-order valence-corrected chi connectivity index (χ1v) is 6.12. The summed E-state index contributed by atoms with van der Waals surface area (Å²) in [5.41, 5.74) is -0.00434. The summed E-state index contributed by atoms with van der Waals surface area (Å²) in [5.74, 6) is 0.315. The summed E-state index contributed by atoms with van der Waals surface area (Å²) in [6, 6.07) is 8.12. The Bertz CT molecular complexity index is 801. The van der Waals surface area contributed by atoms with E-state index < -0.39 is 11.7 Å². The van der Waals surface area contributed by atoms with Crippen LogP contribution in [0.1, 0.15) is 5.82 Å². The number of carbonyl (C=O) groups is 1. The number of nitrogens with zero attached hydrogens (tertiary/aromatic N) is 5. The Labute approximate surface area is 118 Å². The van der Waals surface area contributed by atoms with E-state index in [2.05, 4.69) is 5.10 Å². The molecule has 0 bridgehead atoms. The molecule has 8 heteroatoms. The minimum Gasteiger partial charge on any atom is -0.286 e. The van der Waals surface area contributed by atoms with E-state index in [1.165, 1.54) is 4.90 Å². The van der Waals surface area contributed by atoms with Gasteiger partial charge in [0.2, 0.25) is 0 Å². The van der Waals surface area contributed by atoms with Crippen molar-refractivity contribution in [1.82, 2.24) is 14.3 Å². The van der Waals surface area contributed by atoms with E-state index in [1.54, 1.807) is 24.3 Å². The highest BCUT2D eigenvalue weighted by atomic mass is 35.5. The van der Waals surface area contributed by atoms with Gasteiger partial charge in [-0.3, -0.25) is 4.90 Å². The first kappa shape index (κ1) is 12.4. The number of carbonyl (C=O) groups excluding carboxylic acids is 1. The highest BCUT2D eigenvalue weighted by molar-refractivity contribution is 6.30. The van der Waals surface area contributed by atoms with Crippen LogP contribution in [-0.4, -0.2) is 20.4 Å². The molecule has 2 aromatic rings. The summed E-state index contributed by atoms with van der Waals surface area (Å²) in [5, 5.41) is 13.1. The molecular weight excluding hydrogens is 282 g/mol. The molecule has 0 saturated heterocycles. The number of fused-ring (bicyclic) bond motifs is 1. The molecule has 3 rings (SSSR count). The van der Waals surface area contributed by atoms with Crippen LogP contribution >= 0.6 is 11.6 Å². The first-order valence-electron chi connectivity index (χ1n) is 5.75. The zero-order valence-electron chi connectivity index (χ0n) is 10.2. The van der Waals surface area contributed by atoms with Gasteiger partial charge in [-0.1, -0.05) is 17.7 Å². The van der Waals surface area contributed by atoms with Crippen molar-refractivity contribution in [1.29, 1.82) is 5.26 Å². The summed E-state index contributed by atoms with van der Waals surface area (Å²) in [6.07, 6.45) is 0. The third-order valence-electron chi connectivity index (χ3n) is 2.97. The van der Waals surface area contributed by atoms with Gasteiger partial charge in [0.1, 0.15) is 6.54 Å². The Kier molecular flexibility index (Phi) is 2.80. The fourth-order valence-corrected chi connectivity index (χ4v) is 2.28. The minimum atomic E-state index is -0.601. The molecule has 0 spiro atoms. The lowest BCUT2D eigenvalue weighted by molar-refractivity contribution is 0.250. The van der Waals surface area contributed by atoms with Crippen LogP contribution in [0.5, 0.6) is 0 Å². The second kappa shape index (κ2) is 4.51. The Morgan fingerprint density at radius 1 is 1.40 bits per heavy atom. The van der Waals surface area contributed by atoms with E-state index in [-0.39, 0.29) is 13.1 Å². The SMILES string of the molecule is N#CCn1nc2n(c1=O)C(=O)N(c1cccc(Cl)c1)C2. The highest BCUT2D eigenvalue weighted by Crippen LogP contribution is 2.24. The zero-order chi connectivity index (χ0) is 14.3. The second-order valence-corrected chi connectivity index (χ2v) is 4.64. The van der Waals surface area contributed by atoms with E-state index in [1.807, 2.05) is 6.07 Å². The number of benzene rings is 1. The van der Waals surface area contributed by atoms with Gasteiger partial charge in [0.25, 0.3) is 0 Å². The van der Waals surface area contributed by atoms with Gasteiger partial charge >= 0.3 is 11.7 Å². The van der Waals surface area contributed by atoms with E-state index >= 15 is 0 Å². The topological polar surface area (TPSA) is 83.9 Å². The molecule has 100 valence electrons. The average molecular weight is 290 g/mol. The molecule has 1 amide bonds. The normalized spacial score (nSPS) is 13.4. The molecule has 0 saturated carbocycles. The number of amides is 1. The summed E-state index contributed by atoms with van der Waals surface area (Å²) in [4.78, 5) is 25.6. The fraction of sp³-hybridized carbons (Fsp3) is 0.167. The minimum absolute atomic E-state index is 0.173. The quantitative estimate of drug-likeness (QED) is 0.832. The molecule has 0 aliphatic carbocycles. The van der Waals surface area contributed by atoms with Gasteiger partial charge in [-0.25, -0.2) is 9.59 Å². The molecule has 7 nitrogen and oxygen atoms in total. The van der Waals surface area contributed by atoms with Gasteiger partial charge in [-0.2, -0.15) is 19.6 Å². The summed E-state index contributed by atoms with van der Waals surface area (Å²) < 4.78 is 1.95. The summed E-state index contributed by atoms with van der Waals surface area (Å²) in [6.45, 7) is -0.00385. The predicted molar refractivity (Wildman–Crippen MR) is 70.5 cm³/mol. The highest BCUT2D eigenvalue weighted by Gasteiger charge is 2.33. The molecule has 0 atom stereocenters. The molecule has 1 aromatic heterocycles. The van der Waals surface area contributed by atoms with Crippen LogP contribution in [0.4, 0.5) is 10.5 Å². The summed E-state index contributed by atoms with van der Waals surface area (Å²) in [7, 11) is 0. The van der Waals surface area contributed by atoms with Gasteiger partial charge in [0.05, 0.1) is 12.6 Å². The van der Waals surface area contributed by atoms with Gasteiger partial charge in [0, 0.05) is 10.7 Å². The number of anilines is 1. The van der Waals surface area contributed by atoms with Crippen LogP contribution in [-0.2, 0) is 13.1 Å². The van der Waals surface area contributed by atoms with Crippen LogP contribution in [0.15, 0.2) is 29.1 Å². The van der Waals surface area contributed by atoms with Crippen molar-refractivity contribution >= 4 is 23.3 Å². The van der Waals surface area contributed by atoms with Crippen LogP contribution in [0, 0.1) is 11.3 Å². The van der Waals surface area contributed by atoms with Crippen molar-refractivity contribution < 1.29 is 4.79 Å². The second-order valence-electron chi connectivity index (χ2n) is 4.20. The zero-order valence-corrected chi connectivity index (χ0v) is 10.9. The lowest BCUT2D eigenvalue weighted by atomic mass is 10.3. The summed E-state index contributed by atoms with van der Waals surface area (Å²) >= 11 is 5.89.